The van der Waals surface area contributed by atoms with Crippen LogP contribution in [-0.4, -0.2) is 52.3 Å². The SMILES string of the molecule is C[C@@H]1CN(C(=O)Cl)C[C@H](C)N1OC(=O)OC(C)(C)C. The molecule has 0 aromatic rings. The van der Waals surface area contributed by atoms with Crippen LogP contribution in [0.3, 0.4) is 0 Å². The molecule has 7 heteroatoms. The van der Waals surface area contributed by atoms with E-state index in [0.717, 1.165) is 0 Å². The lowest BCUT2D eigenvalue weighted by molar-refractivity contribution is -0.199. The second kappa shape index (κ2) is 5.96. The van der Waals surface area contributed by atoms with Gasteiger partial charge in [-0.2, -0.15) is 0 Å². The molecule has 0 radical (unpaired) electrons. The fraction of sp³-hybridized carbons (Fsp3) is 0.833. The van der Waals surface area contributed by atoms with E-state index in [0.29, 0.717) is 13.1 Å². The minimum Gasteiger partial charge on any atom is -0.427 e. The summed E-state index contributed by atoms with van der Waals surface area (Å²) < 4.78 is 5.10. The average molecular weight is 293 g/mol. The van der Waals surface area contributed by atoms with Gasteiger partial charge >= 0.3 is 11.5 Å². The normalized spacial score (nSPS) is 25.1. The Kier molecular flexibility index (Phi) is 5.04. The summed E-state index contributed by atoms with van der Waals surface area (Å²) in [7, 11) is 0. The first-order valence-corrected chi connectivity index (χ1v) is 6.61. The molecule has 0 bridgehead atoms. The number of piperazine rings is 1. The lowest BCUT2D eigenvalue weighted by atomic mass is 10.1. The van der Waals surface area contributed by atoms with Crippen molar-refractivity contribution in [2.45, 2.75) is 52.3 Å². The summed E-state index contributed by atoms with van der Waals surface area (Å²) >= 11 is 5.46. The highest BCUT2D eigenvalue weighted by Gasteiger charge is 2.35. The fourth-order valence-electron chi connectivity index (χ4n) is 1.99. The fourth-order valence-corrected chi connectivity index (χ4v) is 2.12. The second-order valence-electron chi connectivity index (χ2n) is 5.77. The maximum Gasteiger partial charge on any atom is 0.528 e. The second-order valence-corrected chi connectivity index (χ2v) is 6.09. The molecule has 0 unspecified atom stereocenters. The molecule has 0 spiro atoms. The molecule has 1 fully saturated rings. The molecule has 1 saturated heterocycles. The Bertz CT molecular complexity index is 344. The number of hydroxylamine groups is 2. The minimum absolute atomic E-state index is 0.140. The van der Waals surface area contributed by atoms with Gasteiger partial charge in [0.1, 0.15) is 5.60 Å². The van der Waals surface area contributed by atoms with Gasteiger partial charge in [0.25, 0.3) is 0 Å². The van der Waals surface area contributed by atoms with E-state index in [1.807, 2.05) is 13.8 Å². The number of hydrogen-bond donors (Lipinski definition) is 0. The molecule has 1 aliphatic heterocycles. The zero-order valence-electron chi connectivity index (χ0n) is 12.0. The molecule has 2 atom stereocenters. The topological polar surface area (TPSA) is 59.1 Å². The van der Waals surface area contributed by atoms with E-state index < -0.39 is 17.1 Å². The Morgan fingerprint density at radius 1 is 1.16 bits per heavy atom. The van der Waals surface area contributed by atoms with Crippen LogP contribution in [0.1, 0.15) is 34.6 Å². The van der Waals surface area contributed by atoms with Crippen molar-refractivity contribution in [3.63, 3.8) is 0 Å². The van der Waals surface area contributed by atoms with Gasteiger partial charge in [0, 0.05) is 13.1 Å². The van der Waals surface area contributed by atoms with Gasteiger partial charge in [-0.05, 0) is 46.2 Å². The van der Waals surface area contributed by atoms with E-state index in [-0.39, 0.29) is 12.1 Å². The van der Waals surface area contributed by atoms with Crippen LogP contribution in [0.2, 0.25) is 0 Å². The summed E-state index contributed by atoms with van der Waals surface area (Å²) in [5.74, 6) is 0. The number of halogens is 1. The van der Waals surface area contributed by atoms with Crippen LogP contribution in [0.5, 0.6) is 0 Å². The molecule has 110 valence electrons. The number of amides is 1. The predicted molar refractivity (Wildman–Crippen MR) is 70.9 cm³/mol. The Labute approximate surface area is 118 Å². The summed E-state index contributed by atoms with van der Waals surface area (Å²) in [5.41, 5.74) is -0.600. The van der Waals surface area contributed by atoms with Crippen LogP contribution >= 0.6 is 11.6 Å². The lowest BCUT2D eigenvalue weighted by Gasteiger charge is -2.41. The molecule has 0 N–H and O–H groups in total. The smallest absolute Gasteiger partial charge is 0.427 e. The minimum atomic E-state index is -0.739. The van der Waals surface area contributed by atoms with Crippen molar-refractivity contribution in [1.29, 1.82) is 0 Å². The third-order valence-electron chi connectivity index (χ3n) is 2.66. The first-order valence-electron chi connectivity index (χ1n) is 6.24. The number of carbonyl (C=O) groups is 2. The van der Waals surface area contributed by atoms with Crippen molar-refractivity contribution in [2.24, 2.45) is 0 Å². The average Bonchev–Trinajstić information content (AvgIpc) is 2.20. The summed E-state index contributed by atoms with van der Waals surface area (Å²) in [6.07, 6.45) is -0.739. The molecule has 1 aliphatic rings. The predicted octanol–water partition coefficient (Wildman–Crippen LogP) is 2.61. The van der Waals surface area contributed by atoms with Crippen molar-refractivity contribution in [1.82, 2.24) is 9.96 Å². The molecule has 0 saturated carbocycles. The van der Waals surface area contributed by atoms with Gasteiger partial charge in [0.05, 0.1) is 12.1 Å². The molecule has 0 aliphatic carbocycles. The number of ether oxygens (including phenoxy) is 1. The van der Waals surface area contributed by atoms with Crippen LogP contribution in [0.25, 0.3) is 0 Å². The first-order chi connectivity index (χ1) is 8.60. The summed E-state index contributed by atoms with van der Waals surface area (Å²) in [6, 6.07) is -0.280. The highest BCUT2D eigenvalue weighted by molar-refractivity contribution is 6.62. The molecule has 1 rings (SSSR count). The first kappa shape index (κ1) is 16.0. The van der Waals surface area contributed by atoms with E-state index in [1.54, 1.807) is 25.8 Å². The van der Waals surface area contributed by atoms with Crippen LogP contribution < -0.4 is 0 Å². The van der Waals surface area contributed by atoms with Gasteiger partial charge in [0.15, 0.2) is 0 Å². The molecule has 19 heavy (non-hydrogen) atoms. The quantitative estimate of drug-likeness (QED) is 0.422. The Balaban J connectivity index is 2.60. The van der Waals surface area contributed by atoms with Gasteiger partial charge in [-0.1, -0.05) is 0 Å². The third-order valence-corrected chi connectivity index (χ3v) is 2.90. The summed E-state index contributed by atoms with van der Waals surface area (Å²) in [6.45, 7) is 9.84. The van der Waals surface area contributed by atoms with Gasteiger partial charge in [-0.3, -0.25) is 4.79 Å². The monoisotopic (exact) mass is 292 g/mol. The van der Waals surface area contributed by atoms with Crippen molar-refractivity contribution in [3.05, 3.63) is 0 Å². The van der Waals surface area contributed by atoms with E-state index in [4.69, 9.17) is 21.2 Å². The van der Waals surface area contributed by atoms with Crippen LogP contribution in [0, 0.1) is 0 Å². The molecular formula is C12H21ClN2O4. The zero-order valence-corrected chi connectivity index (χ0v) is 12.7. The Hall–Kier alpha value is -1.01. The zero-order chi connectivity index (χ0) is 14.8. The summed E-state index contributed by atoms with van der Waals surface area (Å²) in [5, 5.41) is 1.06. The molecule has 0 aromatic heterocycles. The number of hydrogen-bond acceptors (Lipinski definition) is 5. The number of carbonyl (C=O) groups excluding carboxylic acids is 2. The standard InChI is InChI=1S/C12H21ClN2O4/c1-8-6-14(10(13)16)7-9(2)15(8)19-11(17)18-12(3,4)5/h8-9H,6-7H2,1-5H3/t8-,9+. The van der Waals surface area contributed by atoms with E-state index in [2.05, 4.69) is 0 Å². The van der Waals surface area contributed by atoms with Gasteiger partial charge in [-0.25, -0.2) is 4.79 Å². The van der Waals surface area contributed by atoms with Crippen molar-refractivity contribution in [3.8, 4) is 0 Å². The van der Waals surface area contributed by atoms with Crippen LogP contribution in [-0.2, 0) is 9.57 Å². The Morgan fingerprint density at radius 2 is 1.63 bits per heavy atom. The third kappa shape index (κ3) is 4.87. The van der Waals surface area contributed by atoms with Crippen molar-refractivity contribution >= 4 is 23.1 Å². The highest BCUT2D eigenvalue weighted by atomic mass is 35.5. The highest BCUT2D eigenvalue weighted by Crippen LogP contribution is 2.19. The number of nitrogens with zero attached hydrogens (tertiary/aromatic N) is 2. The van der Waals surface area contributed by atoms with Gasteiger partial charge in [-0.15, -0.1) is 5.06 Å². The van der Waals surface area contributed by atoms with Gasteiger partial charge < -0.3 is 14.5 Å². The van der Waals surface area contributed by atoms with E-state index >= 15 is 0 Å². The summed E-state index contributed by atoms with van der Waals surface area (Å²) in [4.78, 5) is 29.5. The van der Waals surface area contributed by atoms with Crippen molar-refractivity contribution < 1.29 is 19.2 Å². The maximum atomic E-state index is 11.6. The van der Waals surface area contributed by atoms with Crippen LogP contribution in [0.4, 0.5) is 9.59 Å². The van der Waals surface area contributed by atoms with E-state index in [9.17, 15) is 9.59 Å². The Morgan fingerprint density at radius 3 is 2.00 bits per heavy atom. The van der Waals surface area contributed by atoms with Crippen molar-refractivity contribution in [2.75, 3.05) is 13.1 Å². The molecule has 1 amide bonds. The molecule has 0 aromatic carbocycles. The lowest BCUT2D eigenvalue weighted by Crippen LogP contribution is -2.57. The molecule has 1 heterocycles. The van der Waals surface area contributed by atoms with E-state index in [1.165, 1.54) is 4.90 Å². The molecular weight excluding hydrogens is 272 g/mol. The number of rotatable bonds is 1. The maximum absolute atomic E-state index is 11.6. The molecule has 6 nitrogen and oxygen atoms in total. The largest absolute Gasteiger partial charge is 0.528 e. The van der Waals surface area contributed by atoms with Gasteiger partial charge in [0.2, 0.25) is 0 Å². The van der Waals surface area contributed by atoms with Crippen LogP contribution in [0.15, 0.2) is 0 Å².